The van der Waals surface area contributed by atoms with E-state index in [2.05, 4.69) is 29.6 Å². The molecule has 2 aliphatic rings. The second-order valence-electron chi connectivity index (χ2n) is 9.65. The number of nitrogens with one attached hydrogen (secondary N) is 1. The molecule has 1 heterocycles. The molecule has 1 saturated heterocycles. The van der Waals surface area contributed by atoms with Gasteiger partial charge in [0.1, 0.15) is 12.6 Å². The van der Waals surface area contributed by atoms with E-state index in [4.69, 9.17) is 9.84 Å². The summed E-state index contributed by atoms with van der Waals surface area (Å²) in [5.74, 6) is -0.873. The summed E-state index contributed by atoms with van der Waals surface area (Å²) in [6.45, 7) is 6.04. The van der Waals surface area contributed by atoms with Crippen LogP contribution in [0, 0.1) is 5.92 Å². The molecule has 0 bridgehead atoms. The van der Waals surface area contributed by atoms with Crippen LogP contribution in [0.5, 0.6) is 0 Å². The third-order valence-electron chi connectivity index (χ3n) is 6.68. The molecule has 186 valence electrons. The minimum Gasteiger partial charge on any atom is -0.480 e. The van der Waals surface area contributed by atoms with Gasteiger partial charge in [-0.05, 0) is 34.6 Å². The first kappa shape index (κ1) is 24.7. The van der Waals surface area contributed by atoms with Crippen LogP contribution in [0.15, 0.2) is 48.5 Å². The average molecular weight is 480 g/mol. The fraction of sp³-hybridized carbons (Fsp3) is 0.444. The molecule has 8 nitrogen and oxygen atoms in total. The van der Waals surface area contributed by atoms with Gasteiger partial charge in [-0.15, -0.1) is 0 Å². The largest absolute Gasteiger partial charge is 0.480 e. The molecule has 0 aromatic heterocycles. The third-order valence-corrected chi connectivity index (χ3v) is 6.68. The predicted molar refractivity (Wildman–Crippen MR) is 132 cm³/mol. The summed E-state index contributed by atoms with van der Waals surface area (Å²) in [5.41, 5.74) is 4.59. The van der Waals surface area contributed by atoms with Gasteiger partial charge in [-0.2, -0.15) is 0 Å². The first-order valence-corrected chi connectivity index (χ1v) is 12.2. The van der Waals surface area contributed by atoms with Crippen molar-refractivity contribution in [3.63, 3.8) is 0 Å². The van der Waals surface area contributed by atoms with E-state index < -0.39 is 18.1 Å². The van der Waals surface area contributed by atoms with E-state index in [-0.39, 0.29) is 30.9 Å². The number of carboxylic acid groups (broad SMARTS) is 1. The lowest BCUT2D eigenvalue weighted by Crippen LogP contribution is -2.55. The molecule has 2 amide bonds. The Morgan fingerprint density at radius 3 is 2.09 bits per heavy atom. The Kier molecular flexibility index (Phi) is 7.70. The van der Waals surface area contributed by atoms with Gasteiger partial charge in [0.15, 0.2) is 0 Å². The van der Waals surface area contributed by atoms with Gasteiger partial charge in [-0.3, -0.25) is 14.5 Å². The number of carbonyl (C=O) groups excluding carboxylic acids is 2. The predicted octanol–water partition coefficient (Wildman–Crippen LogP) is 3.17. The lowest BCUT2D eigenvalue weighted by molar-refractivity contribution is -0.140. The van der Waals surface area contributed by atoms with Gasteiger partial charge in [0.2, 0.25) is 5.91 Å². The average Bonchev–Trinajstić information content (AvgIpc) is 3.15. The number of carbonyl (C=O) groups is 3. The van der Waals surface area contributed by atoms with E-state index >= 15 is 0 Å². The van der Waals surface area contributed by atoms with Crippen molar-refractivity contribution in [1.82, 2.24) is 15.1 Å². The Hall–Kier alpha value is -3.39. The topological polar surface area (TPSA) is 99.2 Å². The summed E-state index contributed by atoms with van der Waals surface area (Å²) in [7, 11) is 0. The lowest BCUT2D eigenvalue weighted by Gasteiger charge is -2.36. The standard InChI is InChI=1S/C27H33N3O5/c1-18(2)15-24(26(33)30-13-11-29(12-14-30)16-25(31)32)28-27(34)35-17-23-21-9-5-3-7-19(21)20-8-4-6-10-22(20)23/h3-10,18,23-24H,11-17H2,1-2H3,(H,28,34)(H,31,32)/t24-/m1/s1. The monoisotopic (exact) mass is 479 g/mol. The zero-order valence-electron chi connectivity index (χ0n) is 20.3. The highest BCUT2D eigenvalue weighted by molar-refractivity contribution is 5.86. The maximum Gasteiger partial charge on any atom is 0.407 e. The second-order valence-corrected chi connectivity index (χ2v) is 9.65. The highest BCUT2D eigenvalue weighted by atomic mass is 16.5. The van der Waals surface area contributed by atoms with E-state index in [1.807, 2.05) is 43.0 Å². The van der Waals surface area contributed by atoms with Crippen LogP contribution in [0.25, 0.3) is 11.1 Å². The van der Waals surface area contributed by atoms with Crippen molar-refractivity contribution in [3.8, 4) is 11.1 Å². The van der Waals surface area contributed by atoms with E-state index in [1.54, 1.807) is 4.90 Å². The number of hydrogen-bond acceptors (Lipinski definition) is 5. The minimum absolute atomic E-state index is 0.0323. The molecule has 2 N–H and O–H groups in total. The molecule has 2 aromatic carbocycles. The maximum atomic E-state index is 13.2. The van der Waals surface area contributed by atoms with E-state index in [9.17, 15) is 14.4 Å². The van der Waals surface area contributed by atoms with Crippen LogP contribution >= 0.6 is 0 Å². The van der Waals surface area contributed by atoms with Crippen LogP contribution in [-0.2, 0) is 14.3 Å². The van der Waals surface area contributed by atoms with Crippen LogP contribution in [0.4, 0.5) is 4.79 Å². The molecule has 1 atom stereocenters. The number of fused-ring (bicyclic) bond motifs is 3. The number of nitrogens with zero attached hydrogens (tertiary/aromatic N) is 2. The van der Waals surface area contributed by atoms with Gasteiger partial charge in [0.05, 0.1) is 6.54 Å². The Bertz CT molecular complexity index is 1030. The lowest BCUT2D eigenvalue weighted by atomic mass is 9.98. The van der Waals surface area contributed by atoms with Crippen molar-refractivity contribution in [3.05, 3.63) is 59.7 Å². The van der Waals surface area contributed by atoms with Crippen LogP contribution < -0.4 is 5.32 Å². The van der Waals surface area contributed by atoms with Crippen molar-refractivity contribution in [2.24, 2.45) is 5.92 Å². The summed E-state index contributed by atoms with van der Waals surface area (Å²) in [5, 5.41) is 11.8. The Labute approximate surface area is 205 Å². The first-order chi connectivity index (χ1) is 16.8. The normalized spacial score (nSPS) is 16.5. The highest BCUT2D eigenvalue weighted by Gasteiger charge is 2.32. The number of alkyl carbamates (subject to hydrolysis) is 1. The fourth-order valence-electron chi connectivity index (χ4n) is 5.01. The molecule has 0 unspecified atom stereocenters. The van der Waals surface area contributed by atoms with E-state index in [1.165, 1.54) is 0 Å². The minimum atomic E-state index is -0.876. The van der Waals surface area contributed by atoms with Gasteiger partial charge < -0.3 is 20.1 Å². The molecule has 4 rings (SSSR count). The quantitative estimate of drug-likeness (QED) is 0.604. The van der Waals surface area contributed by atoms with Crippen molar-refractivity contribution >= 4 is 18.0 Å². The molecular formula is C27H33N3O5. The summed E-state index contributed by atoms with van der Waals surface area (Å²) < 4.78 is 5.66. The van der Waals surface area contributed by atoms with Gasteiger partial charge in [-0.1, -0.05) is 62.4 Å². The molecule has 1 fully saturated rings. The van der Waals surface area contributed by atoms with Gasteiger partial charge in [-0.25, -0.2) is 4.79 Å². The SMILES string of the molecule is CC(C)C[C@@H](NC(=O)OCC1c2ccccc2-c2ccccc21)C(=O)N1CCN(CC(=O)O)CC1. The number of ether oxygens (including phenoxy) is 1. The first-order valence-electron chi connectivity index (χ1n) is 12.2. The molecular weight excluding hydrogens is 446 g/mol. The van der Waals surface area contributed by atoms with Gasteiger partial charge >= 0.3 is 12.1 Å². The molecule has 1 aliphatic carbocycles. The molecule has 0 saturated carbocycles. The molecule has 35 heavy (non-hydrogen) atoms. The fourth-order valence-corrected chi connectivity index (χ4v) is 5.01. The number of aliphatic carboxylic acids is 1. The highest BCUT2D eigenvalue weighted by Crippen LogP contribution is 2.44. The Balaban J connectivity index is 1.37. The van der Waals surface area contributed by atoms with Crippen molar-refractivity contribution < 1.29 is 24.2 Å². The second kappa shape index (κ2) is 10.9. The summed E-state index contributed by atoms with van der Waals surface area (Å²) in [6, 6.07) is 15.6. The number of carboxylic acids is 1. The number of benzene rings is 2. The van der Waals surface area contributed by atoms with Crippen LogP contribution in [0.3, 0.4) is 0 Å². The van der Waals surface area contributed by atoms with Crippen molar-refractivity contribution in [1.29, 1.82) is 0 Å². The number of hydrogen-bond donors (Lipinski definition) is 2. The zero-order chi connectivity index (χ0) is 24.9. The van der Waals surface area contributed by atoms with Crippen LogP contribution in [0.2, 0.25) is 0 Å². The third kappa shape index (κ3) is 5.82. The Morgan fingerprint density at radius 1 is 0.971 bits per heavy atom. The van der Waals surface area contributed by atoms with Gasteiger partial charge in [0.25, 0.3) is 0 Å². The van der Waals surface area contributed by atoms with Crippen molar-refractivity contribution in [2.75, 3.05) is 39.3 Å². The van der Waals surface area contributed by atoms with Crippen LogP contribution in [-0.4, -0.2) is 78.2 Å². The summed E-state index contributed by atoms with van der Waals surface area (Å²) in [6.07, 6.45) is -0.103. The molecule has 0 spiro atoms. The zero-order valence-corrected chi connectivity index (χ0v) is 20.3. The number of amides is 2. The van der Waals surface area contributed by atoms with E-state index in [0.717, 1.165) is 22.3 Å². The Morgan fingerprint density at radius 2 is 1.54 bits per heavy atom. The number of rotatable bonds is 8. The smallest absolute Gasteiger partial charge is 0.407 e. The molecule has 0 radical (unpaired) electrons. The molecule has 2 aromatic rings. The van der Waals surface area contributed by atoms with Gasteiger partial charge in [0, 0.05) is 32.1 Å². The van der Waals surface area contributed by atoms with Crippen LogP contribution in [0.1, 0.15) is 37.3 Å². The maximum absolute atomic E-state index is 13.2. The van der Waals surface area contributed by atoms with Crippen molar-refractivity contribution in [2.45, 2.75) is 32.2 Å². The summed E-state index contributed by atoms with van der Waals surface area (Å²) >= 11 is 0. The molecule has 8 heteroatoms. The number of piperazine rings is 1. The van der Waals surface area contributed by atoms with E-state index in [0.29, 0.717) is 32.6 Å². The summed E-state index contributed by atoms with van der Waals surface area (Å²) in [4.78, 5) is 40.5. The molecule has 1 aliphatic heterocycles.